The fourth-order valence-corrected chi connectivity index (χ4v) is 1.63. The van der Waals surface area contributed by atoms with E-state index >= 15 is 0 Å². The average Bonchev–Trinajstić information content (AvgIpc) is 2.18. The maximum absolute atomic E-state index is 11.6. The van der Waals surface area contributed by atoms with Gasteiger partial charge >= 0.3 is 0 Å². The fourth-order valence-electron chi connectivity index (χ4n) is 1.20. The van der Waals surface area contributed by atoms with Crippen molar-refractivity contribution in [1.29, 1.82) is 0 Å². The van der Waals surface area contributed by atoms with E-state index in [9.17, 15) is 4.79 Å². The summed E-state index contributed by atoms with van der Waals surface area (Å²) < 4.78 is 0.956. The van der Waals surface area contributed by atoms with Gasteiger partial charge in [-0.05, 0) is 25.5 Å². The predicted octanol–water partition coefficient (Wildman–Crippen LogP) is 2.27. The van der Waals surface area contributed by atoms with E-state index in [0.717, 1.165) is 10.0 Å². The molecule has 1 rings (SSSR count). The summed E-state index contributed by atoms with van der Waals surface area (Å²) in [6.45, 7) is 4.24. The molecule has 1 amide bonds. The van der Waals surface area contributed by atoms with Crippen molar-refractivity contribution in [3.05, 3.63) is 34.3 Å². The summed E-state index contributed by atoms with van der Waals surface area (Å²) in [7, 11) is 0. The summed E-state index contributed by atoms with van der Waals surface area (Å²) in [4.78, 5) is 11.6. The van der Waals surface area contributed by atoms with Gasteiger partial charge < -0.3 is 11.1 Å². The maximum atomic E-state index is 11.6. The highest BCUT2D eigenvalue weighted by molar-refractivity contribution is 9.10. The molecule has 0 unspecified atom stereocenters. The Morgan fingerprint density at radius 3 is 2.53 bits per heavy atom. The average molecular weight is 322 g/mol. The van der Waals surface area contributed by atoms with Crippen LogP contribution in [0.4, 0.5) is 0 Å². The standard InChI is InChI=1S/C12H17BrN2O.ClH/c1-12(2,14)8-15-11(16)7-9-5-3-4-6-10(9)13;/h3-6H,7-8,14H2,1-2H3,(H,15,16);1H. The Balaban J connectivity index is 0.00000256. The molecule has 0 fully saturated rings. The van der Waals surface area contributed by atoms with Gasteiger partial charge in [-0.15, -0.1) is 12.4 Å². The van der Waals surface area contributed by atoms with E-state index in [1.165, 1.54) is 0 Å². The quantitative estimate of drug-likeness (QED) is 0.894. The lowest BCUT2D eigenvalue weighted by molar-refractivity contribution is -0.120. The molecule has 0 atom stereocenters. The monoisotopic (exact) mass is 320 g/mol. The Morgan fingerprint density at radius 1 is 1.41 bits per heavy atom. The number of rotatable bonds is 4. The van der Waals surface area contributed by atoms with Crippen LogP contribution in [-0.2, 0) is 11.2 Å². The van der Waals surface area contributed by atoms with Crippen LogP contribution in [0.2, 0.25) is 0 Å². The molecule has 0 bridgehead atoms. The molecule has 0 aromatic heterocycles. The number of benzene rings is 1. The van der Waals surface area contributed by atoms with Gasteiger partial charge in [-0.1, -0.05) is 34.1 Å². The van der Waals surface area contributed by atoms with Crippen molar-refractivity contribution in [3.8, 4) is 0 Å². The van der Waals surface area contributed by atoms with E-state index in [4.69, 9.17) is 5.73 Å². The number of amides is 1. The molecule has 0 aliphatic rings. The zero-order valence-corrected chi connectivity index (χ0v) is 12.4. The van der Waals surface area contributed by atoms with Gasteiger partial charge in [0.05, 0.1) is 6.42 Å². The highest BCUT2D eigenvalue weighted by Crippen LogP contribution is 2.16. The minimum atomic E-state index is -0.371. The second-order valence-corrected chi connectivity index (χ2v) is 5.39. The molecule has 3 N–H and O–H groups in total. The largest absolute Gasteiger partial charge is 0.354 e. The van der Waals surface area contributed by atoms with E-state index < -0.39 is 0 Å². The minimum absolute atomic E-state index is 0. The third-order valence-corrected chi connectivity index (χ3v) is 2.82. The first-order valence-electron chi connectivity index (χ1n) is 5.17. The van der Waals surface area contributed by atoms with Crippen LogP contribution in [0, 0.1) is 0 Å². The summed E-state index contributed by atoms with van der Waals surface area (Å²) in [6, 6.07) is 7.70. The third-order valence-electron chi connectivity index (χ3n) is 2.05. The molecule has 0 aliphatic carbocycles. The second-order valence-electron chi connectivity index (χ2n) is 4.53. The number of carbonyl (C=O) groups is 1. The summed E-state index contributed by atoms with van der Waals surface area (Å²) in [6.07, 6.45) is 0.373. The first kappa shape index (κ1) is 16.4. The molecule has 17 heavy (non-hydrogen) atoms. The van der Waals surface area contributed by atoms with E-state index in [1.807, 2.05) is 38.1 Å². The van der Waals surface area contributed by atoms with Crippen molar-refractivity contribution >= 4 is 34.2 Å². The fraction of sp³-hybridized carbons (Fsp3) is 0.417. The topological polar surface area (TPSA) is 55.1 Å². The van der Waals surface area contributed by atoms with Crippen LogP contribution in [0.1, 0.15) is 19.4 Å². The molecule has 0 spiro atoms. The molecule has 0 heterocycles. The molecule has 0 saturated heterocycles. The third kappa shape index (κ3) is 6.66. The molecule has 96 valence electrons. The van der Waals surface area contributed by atoms with Gasteiger partial charge in [0, 0.05) is 16.6 Å². The Labute approximate surface area is 117 Å². The Bertz CT molecular complexity index is 377. The Hall–Kier alpha value is -0.580. The molecule has 3 nitrogen and oxygen atoms in total. The maximum Gasteiger partial charge on any atom is 0.224 e. The van der Waals surface area contributed by atoms with Crippen molar-refractivity contribution in [2.24, 2.45) is 5.73 Å². The highest BCUT2D eigenvalue weighted by atomic mass is 79.9. The number of carbonyl (C=O) groups excluding carboxylic acids is 1. The number of hydrogen-bond acceptors (Lipinski definition) is 2. The number of nitrogens with two attached hydrogens (primary N) is 1. The highest BCUT2D eigenvalue weighted by Gasteiger charge is 2.12. The first-order chi connectivity index (χ1) is 7.38. The lowest BCUT2D eigenvalue weighted by atomic mass is 10.1. The molecule has 0 saturated carbocycles. The van der Waals surface area contributed by atoms with Crippen LogP contribution in [0.5, 0.6) is 0 Å². The van der Waals surface area contributed by atoms with Crippen LogP contribution in [0.3, 0.4) is 0 Å². The van der Waals surface area contributed by atoms with Crippen LogP contribution in [-0.4, -0.2) is 18.0 Å². The molecule has 5 heteroatoms. The van der Waals surface area contributed by atoms with E-state index in [1.54, 1.807) is 0 Å². The van der Waals surface area contributed by atoms with Crippen molar-refractivity contribution < 1.29 is 4.79 Å². The van der Waals surface area contributed by atoms with Crippen LogP contribution in [0.25, 0.3) is 0 Å². The van der Waals surface area contributed by atoms with Crippen molar-refractivity contribution in [2.45, 2.75) is 25.8 Å². The predicted molar refractivity (Wildman–Crippen MR) is 76.4 cm³/mol. The summed E-state index contributed by atoms with van der Waals surface area (Å²) in [5, 5.41) is 2.81. The molecule has 1 aromatic carbocycles. The zero-order valence-electron chi connectivity index (χ0n) is 10.00. The molecule has 1 aromatic rings. The van der Waals surface area contributed by atoms with Gasteiger partial charge in [-0.2, -0.15) is 0 Å². The summed E-state index contributed by atoms with van der Waals surface area (Å²) in [5.74, 6) is -0.00887. The van der Waals surface area contributed by atoms with Gasteiger partial charge in [-0.3, -0.25) is 4.79 Å². The molecular weight excluding hydrogens is 304 g/mol. The van der Waals surface area contributed by atoms with Crippen molar-refractivity contribution in [2.75, 3.05) is 6.54 Å². The van der Waals surface area contributed by atoms with E-state index in [0.29, 0.717) is 13.0 Å². The number of halogens is 2. The van der Waals surface area contributed by atoms with Gasteiger partial charge in [0.25, 0.3) is 0 Å². The van der Waals surface area contributed by atoms with E-state index in [-0.39, 0.29) is 23.9 Å². The Kier molecular flexibility index (Phi) is 6.75. The SMILES string of the molecule is CC(C)(N)CNC(=O)Cc1ccccc1Br.Cl. The van der Waals surface area contributed by atoms with Crippen LogP contribution < -0.4 is 11.1 Å². The molecule has 0 aliphatic heterocycles. The summed E-state index contributed by atoms with van der Waals surface area (Å²) in [5.41, 5.74) is 6.39. The normalized spacial score (nSPS) is 10.6. The first-order valence-corrected chi connectivity index (χ1v) is 5.97. The molecule has 0 radical (unpaired) electrons. The van der Waals surface area contributed by atoms with E-state index in [2.05, 4.69) is 21.2 Å². The van der Waals surface area contributed by atoms with Gasteiger partial charge in [0.1, 0.15) is 0 Å². The smallest absolute Gasteiger partial charge is 0.224 e. The summed E-state index contributed by atoms with van der Waals surface area (Å²) >= 11 is 3.41. The number of nitrogens with one attached hydrogen (secondary N) is 1. The second kappa shape index (κ2) is 6.99. The van der Waals surface area contributed by atoms with Crippen molar-refractivity contribution in [3.63, 3.8) is 0 Å². The molecular formula is C12H18BrClN2O. The van der Waals surface area contributed by atoms with Gasteiger partial charge in [0.15, 0.2) is 0 Å². The number of hydrogen-bond donors (Lipinski definition) is 2. The van der Waals surface area contributed by atoms with Gasteiger partial charge in [-0.25, -0.2) is 0 Å². The minimum Gasteiger partial charge on any atom is -0.354 e. The lowest BCUT2D eigenvalue weighted by Gasteiger charge is -2.18. The zero-order chi connectivity index (χ0) is 12.2. The van der Waals surface area contributed by atoms with Crippen LogP contribution >= 0.6 is 28.3 Å². The lowest BCUT2D eigenvalue weighted by Crippen LogP contribution is -2.45. The van der Waals surface area contributed by atoms with Gasteiger partial charge in [0.2, 0.25) is 5.91 Å². The van der Waals surface area contributed by atoms with Crippen molar-refractivity contribution in [1.82, 2.24) is 5.32 Å². The van der Waals surface area contributed by atoms with Crippen LogP contribution in [0.15, 0.2) is 28.7 Å². The Morgan fingerprint density at radius 2 is 2.00 bits per heavy atom.